The molecule has 2 aromatic rings. The molecule has 17 heavy (non-hydrogen) atoms. The summed E-state index contributed by atoms with van der Waals surface area (Å²) < 4.78 is 40.5. The smallest absolute Gasteiger partial charge is 0.168 e. The van der Waals surface area contributed by atoms with Gasteiger partial charge < -0.3 is 10.7 Å². The number of hydrogen-bond donors (Lipinski definition) is 2. The molecule has 3 N–H and O–H groups in total. The van der Waals surface area contributed by atoms with Crippen LogP contribution in [0.15, 0.2) is 6.07 Å². The first-order chi connectivity index (χ1) is 8.08. The summed E-state index contributed by atoms with van der Waals surface area (Å²) in [6.07, 6.45) is 1.87. The lowest BCUT2D eigenvalue weighted by molar-refractivity contribution is 0.504. The van der Waals surface area contributed by atoms with Gasteiger partial charge >= 0.3 is 0 Å². The van der Waals surface area contributed by atoms with Gasteiger partial charge in [0.15, 0.2) is 11.6 Å². The van der Waals surface area contributed by atoms with Crippen molar-refractivity contribution in [3.05, 3.63) is 34.8 Å². The van der Waals surface area contributed by atoms with E-state index in [4.69, 9.17) is 5.73 Å². The summed E-state index contributed by atoms with van der Waals surface area (Å²) in [6.45, 7) is 0. The van der Waals surface area contributed by atoms with E-state index in [0.29, 0.717) is 24.5 Å². The number of hydrogen-bond acceptors (Lipinski definition) is 1. The van der Waals surface area contributed by atoms with Crippen LogP contribution in [0.1, 0.15) is 17.7 Å². The molecule has 1 atom stereocenters. The van der Waals surface area contributed by atoms with Gasteiger partial charge in [0.2, 0.25) is 0 Å². The molecule has 1 aromatic heterocycles. The van der Waals surface area contributed by atoms with Crippen molar-refractivity contribution in [3.63, 3.8) is 0 Å². The molecule has 1 unspecified atom stereocenters. The van der Waals surface area contributed by atoms with Crippen LogP contribution in [0, 0.1) is 17.5 Å². The maximum Gasteiger partial charge on any atom is 0.168 e. The molecule has 1 heterocycles. The summed E-state index contributed by atoms with van der Waals surface area (Å²) in [5, 5.41) is 0.0210. The molecule has 1 aromatic carbocycles. The molecule has 0 fully saturated rings. The molecule has 2 nitrogen and oxygen atoms in total. The van der Waals surface area contributed by atoms with Crippen molar-refractivity contribution in [1.29, 1.82) is 0 Å². The Labute approximate surface area is 95.6 Å². The number of halogens is 3. The number of rotatable bonds is 0. The highest BCUT2D eigenvalue weighted by molar-refractivity contribution is 5.86. The van der Waals surface area contributed by atoms with Crippen LogP contribution in [0.5, 0.6) is 0 Å². The van der Waals surface area contributed by atoms with Gasteiger partial charge in [-0.1, -0.05) is 0 Å². The molecule has 1 aliphatic carbocycles. The number of aromatic nitrogens is 1. The van der Waals surface area contributed by atoms with Crippen LogP contribution in [0.25, 0.3) is 10.9 Å². The van der Waals surface area contributed by atoms with Crippen molar-refractivity contribution >= 4 is 10.9 Å². The standard InChI is InChI=1S/C12H11F3N2/c13-7-4-8(14)12-10(11(7)15)6-3-5(16)1-2-9(6)17-12/h4-5,17H,1-3,16H2. The minimum absolute atomic E-state index is 0.0210. The van der Waals surface area contributed by atoms with Crippen LogP contribution < -0.4 is 5.73 Å². The zero-order valence-electron chi connectivity index (χ0n) is 8.99. The average molecular weight is 240 g/mol. The van der Waals surface area contributed by atoms with Crippen LogP contribution in [0.4, 0.5) is 13.2 Å². The summed E-state index contributed by atoms with van der Waals surface area (Å²) >= 11 is 0. The number of benzene rings is 1. The lowest BCUT2D eigenvalue weighted by Gasteiger charge is -2.18. The number of aromatic amines is 1. The van der Waals surface area contributed by atoms with Gasteiger partial charge in [-0.2, -0.15) is 0 Å². The van der Waals surface area contributed by atoms with Crippen LogP contribution in [-0.4, -0.2) is 11.0 Å². The molecule has 0 aliphatic heterocycles. The third kappa shape index (κ3) is 1.45. The van der Waals surface area contributed by atoms with E-state index in [0.717, 1.165) is 12.1 Å². The Morgan fingerprint density at radius 2 is 2.00 bits per heavy atom. The maximum atomic E-state index is 13.7. The second-order valence-electron chi connectivity index (χ2n) is 4.49. The van der Waals surface area contributed by atoms with Crippen molar-refractivity contribution in [2.24, 2.45) is 5.73 Å². The van der Waals surface area contributed by atoms with Crippen molar-refractivity contribution in [1.82, 2.24) is 4.98 Å². The number of fused-ring (bicyclic) bond motifs is 3. The van der Waals surface area contributed by atoms with Gasteiger partial charge in [-0.15, -0.1) is 0 Å². The van der Waals surface area contributed by atoms with E-state index in [1.165, 1.54) is 0 Å². The first kappa shape index (κ1) is 10.7. The first-order valence-corrected chi connectivity index (χ1v) is 5.50. The number of nitrogens with two attached hydrogens (primary N) is 1. The zero-order chi connectivity index (χ0) is 12.2. The van der Waals surface area contributed by atoms with Crippen LogP contribution >= 0.6 is 0 Å². The molecule has 1 aliphatic rings. The summed E-state index contributed by atoms with van der Waals surface area (Å²) in [6, 6.07) is 0.492. The fourth-order valence-corrected chi connectivity index (χ4v) is 2.51. The molecular weight excluding hydrogens is 229 g/mol. The Hall–Kier alpha value is -1.49. The highest BCUT2D eigenvalue weighted by Crippen LogP contribution is 2.32. The largest absolute Gasteiger partial charge is 0.356 e. The summed E-state index contributed by atoms with van der Waals surface area (Å²) in [5.41, 5.74) is 7.24. The molecule has 3 rings (SSSR count). The fraction of sp³-hybridized carbons (Fsp3) is 0.333. The van der Waals surface area contributed by atoms with Gasteiger partial charge in [-0.3, -0.25) is 0 Å². The van der Waals surface area contributed by atoms with Gasteiger partial charge in [0, 0.05) is 23.2 Å². The topological polar surface area (TPSA) is 41.8 Å². The van der Waals surface area contributed by atoms with E-state index in [1.54, 1.807) is 0 Å². The van der Waals surface area contributed by atoms with E-state index in [9.17, 15) is 13.2 Å². The van der Waals surface area contributed by atoms with Gasteiger partial charge in [-0.25, -0.2) is 13.2 Å². The van der Waals surface area contributed by atoms with Gasteiger partial charge in [0.05, 0.1) is 5.52 Å². The first-order valence-electron chi connectivity index (χ1n) is 5.50. The molecule has 0 amide bonds. The van der Waals surface area contributed by atoms with Crippen molar-refractivity contribution in [2.75, 3.05) is 0 Å². The Kier molecular flexibility index (Phi) is 2.19. The summed E-state index contributed by atoms with van der Waals surface area (Å²) in [5.74, 6) is -2.91. The van der Waals surface area contributed by atoms with E-state index in [1.807, 2.05) is 0 Å². The number of aryl methyl sites for hydroxylation is 1. The third-order valence-electron chi connectivity index (χ3n) is 3.34. The fourth-order valence-electron chi connectivity index (χ4n) is 2.51. The molecule has 0 bridgehead atoms. The average Bonchev–Trinajstić information content (AvgIpc) is 2.65. The molecule has 90 valence electrons. The molecule has 5 heteroatoms. The van der Waals surface area contributed by atoms with Gasteiger partial charge in [-0.05, 0) is 24.8 Å². The van der Waals surface area contributed by atoms with Gasteiger partial charge in [0.25, 0.3) is 0 Å². The summed E-state index contributed by atoms with van der Waals surface area (Å²) in [7, 11) is 0. The minimum atomic E-state index is -1.16. The normalized spacial score (nSPS) is 19.6. The molecular formula is C12H11F3N2. The molecule has 0 saturated carbocycles. The maximum absolute atomic E-state index is 13.7. The Morgan fingerprint density at radius 1 is 1.24 bits per heavy atom. The van der Waals surface area contributed by atoms with Crippen molar-refractivity contribution in [3.8, 4) is 0 Å². The van der Waals surface area contributed by atoms with Crippen LogP contribution in [0.2, 0.25) is 0 Å². The quantitative estimate of drug-likeness (QED) is 0.682. The highest BCUT2D eigenvalue weighted by Gasteiger charge is 2.25. The number of H-pyrrole nitrogens is 1. The van der Waals surface area contributed by atoms with Crippen molar-refractivity contribution in [2.45, 2.75) is 25.3 Å². The molecule has 0 radical (unpaired) electrons. The molecule has 0 spiro atoms. The van der Waals surface area contributed by atoms with E-state index >= 15 is 0 Å². The van der Waals surface area contributed by atoms with Crippen LogP contribution in [0.3, 0.4) is 0 Å². The zero-order valence-corrected chi connectivity index (χ0v) is 8.99. The third-order valence-corrected chi connectivity index (χ3v) is 3.34. The highest BCUT2D eigenvalue weighted by atomic mass is 19.2. The Balaban J connectivity index is 2.37. The minimum Gasteiger partial charge on any atom is -0.356 e. The van der Waals surface area contributed by atoms with E-state index < -0.39 is 17.5 Å². The van der Waals surface area contributed by atoms with E-state index in [-0.39, 0.29) is 16.9 Å². The van der Waals surface area contributed by atoms with Crippen molar-refractivity contribution < 1.29 is 13.2 Å². The second-order valence-corrected chi connectivity index (χ2v) is 4.49. The predicted molar refractivity (Wildman–Crippen MR) is 58.2 cm³/mol. The molecule has 0 saturated heterocycles. The lowest BCUT2D eigenvalue weighted by atomic mass is 9.92. The number of nitrogens with one attached hydrogen (secondary N) is 1. The Morgan fingerprint density at radius 3 is 2.76 bits per heavy atom. The monoisotopic (exact) mass is 240 g/mol. The van der Waals surface area contributed by atoms with Crippen LogP contribution in [-0.2, 0) is 12.8 Å². The lowest BCUT2D eigenvalue weighted by Crippen LogP contribution is -2.27. The summed E-state index contributed by atoms with van der Waals surface area (Å²) in [4.78, 5) is 2.84. The SMILES string of the molecule is NC1CCc2[nH]c3c(F)cc(F)c(F)c3c2C1. The Bertz CT molecular complexity index is 604. The van der Waals surface area contributed by atoms with E-state index in [2.05, 4.69) is 4.98 Å². The predicted octanol–water partition coefficient (Wildman–Crippen LogP) is 2.40. The second kappa shape index (κ2) is 3.50. The van der Waals surface area contributed by atoms with Gasteiger partial charge in [0.1, 0.15) is 5.82 Å².